The number of rotatable bonds is 5. The molecule has 0 bridgehead atoms. The van der Waals surface area contributed by atoms with Crippen molar-refractivity contribution in [1.82, 2.24) is 4.72 Å². The van der Waals surface area contributed by atoms with Crippen molar-refractivity contribution in [2.75, 3.05) is 6.54 Å². The minimum atomic E-state index is -3.53. The summed E-state index contributed by atoms with van der Waals surface area (Å²) < 4.78 is 27.4. The first kappa shape index (κ1) is 16.5. The summed E-state index contributed by atoms with van der Waals surface area (Å²) in [4.78, 5) is 4.78. The molecule has 1 aliphatic rings. The summed E-state index contributed by atoms with van der Waals surface area (Å²) in [6.45, 7) is 2.39. The van der Waals surface area contributed by atoms with Gasteiger partial charge in [-0.2, -0.15) is 0 Å². The minimum absolute atomic E-state index is 0.324. The average molecular weight is 340 g/mol. The molecular formula is C19H20N2O2S. The molecule has 0 amide bonds. The predicted octanol–water partition coefficient (Wildman–Crippen LogP) is 3.38. The monoisotopic (exact) mass is 340 g/mol. The van der Waals surface area contributed by atoms with Gasteiger partial charge in [-0.1, -0.05) is 60.7 Å². The molecule has 5 heteroatoms. The highest BCUT2D eigenvalue weighted by Crippen LogP contribution is 2.29. The number of sulfonamides is 1. The molecule has 0 unspecified atom stereocenters. The van der Waals surface area contributed by atoms with E-state index in [-0.39, 0.29) is 0 Å². The second kappa shape index (κ2) is 7.01. The van der Waals surface area contributed by atoms with E-state index in [4.69, 9.17) is 0 Å². The van der Waals surface area contributed by atoms with Crippen molar-refractivity contribution in [2.45, 2.75) is 19.8 Å². The van der Waals surface area contributed by atoms with Crippen molar-refractivity contribution >= 4 is 20.8 Å². The SMILES string of the molecule is CC1=C(c2ccccc2)S(=O)(=O)NC1=NCCCc1ccccc1. The highest BCUT2D eigenvalue weighted by molar-refractivity contribution is 8.00. The molecule has 0 spiro atoms. The van der Waals surface area contributed by atoms with Crippen LogP contribution in [0, 0.1) is 0 Å². The molecule has 1 N–H and O–H groups in total. The van der Waals surface area contributed by atoms with Gasteiger partial charge in [0, 0.05) is 12.1 Å². The number of hydrogen-bond acceptors (Lipinski definition) is 3. The van der Waals surface area contributed by atoms with Gasteiger partial charge in [0.2, 0.25) is 0 Å². The van der Waals surface area contributed by atoms with E-state index < -0.39 is 10.0 Å². The van der Waals surface area contributed by atoms with Gasteiger partial charge in [-0.15, -0.1) is 0 Å². The van der Waals surface area contributed by atoms with Crippen LogP contribution in [0.5, 0.6) is 0 Å². The fourth-order valence-corrected chi connectivity index (χ4v) is 4.32. The third-order valence-corrected chi connectivity index (χ3v) is 5.51. The van der Waals surface area contributed by atoms with Gasteiger partial charge in [-0.3, -0.25) is 9.71 Å². The number of aliphatic imine (C=N–C) groups is 1. The highest BCUT2D eigenvalue weighted by Gasteiger charge is 2.32. The lowest BCUT2D eigenvalue weighted by Gasteiger charge is -2.02. The van der Waals surface area contributed by atoms with Crippen LogP contribution in [0.15, 0.2) is 71.2 Å². The maximum Gasteiger partial charge on any atom is 0.264 e. The molecular weight excluding hydrogens is 320 g/mol. The van der Waals surface area contributed by atoms with Crippen LogP contribution in [0.25, 0.3) is 4.91 Å². The van der Waals surface area contributed by atoms with E-state index in [9.17, 15) is 8.42 Å². The van der Waals surface area contributed by atoms with Crippen molar-refractivity contribution in [1.29, 1.82) is 0 Å². The van der Waals surface area contributed by atoms with E-state index >= 15 is 0 Å². The predicted molar refractivity (Wildman–Crippen MR) is 98.2 cm³/mol. The topological polar surface area (TPSA) is 58.5 Å². The lowest BCUT2D eigenvalue weighted by Crippen LogP contribution is -2.23. The van der Waals surface area contributed by atoms with Crippen molar-refractivity contribution in [3.8, 4) is 0 Å². The van der Waals surface area contributed by atoms with Gasteiger partial charge in [0.25, 0.3) is 10.0 Å². The van der Waals surface area contributed by atoms with Gasteiger partial charge in [0.1, 0.15) is 10.7 Å². The Morgan fingerprint density at radius 1 is 0.958 bits per heavy atom. The third-order valence-electron chi connectivity index (χ3n) is 3.97. The molecule has 0 radical (unpaired) electrons. The molecule has 1 aliphatic heterocycles. The summed E-state index contributed by atoms with van der Waals surface area (Å²) >= 11 is 0. The lowest BCUT2D eigenvalue weighted by molar-refractivity contribution is 0.603. The summed E-state index contributed by atoms with van der Waals surface area (Å²) in [7, 11) is -3.53. The fourth-order valence-electron chi connectivity index (χ4n) is 2.79. The Balaban J connectivity index is 1.74. The molecule has 0 aliphatic carbocycles. The van der Waals surface area contributed by atoms with Gasteiger partial charge in [0.05, 0.1) is 0 Å². The molecule has 124 valence electrons. The summed E-state index contributed by atoms with van der Waals surface area (Å²) in [5.74, 6) is 0.460. The summed E-state index contributed by atoms with van der Waals surface area (Å²) in [5, 5.41) is 0. The first-order valence-electron chi connectivity index (χ1n) is 7.96. The number of hydrogen-bond donors (Lipinski definition) is 1. The van der Waals surface area contributed by atoms with E-state index in [2.05, 4.69) is 21.8 Å². The molecule has 3 rings (SSSR count). The quantitative estimate of drug-likeness (QED) is 0.848. The minimum Gasteiger partial charge on any atom is -0.268 e. The first-order valence-corrected chi connectivity index (χ1v) is 9.44. The van der Waals surface area contributed by atoms with E-state index in [0.717, 1.165) is 12.8 Å². The number of benzene rings is 2. The van der Waals surface area contributed by atoms with Crippen molar-refractivity contribution in [3.05, 3.63) is 77.4 Å². The highest BCUT2D eigenvalue weighted by atomic mass is 32.2. The maximum atomic E-state index is 12.4. The molecule has 0 saturated heterocycles. The Labute approximate surface area is 143 Å². The van der Waals surface area contributed by atoms with Gasteiger partial charge in [0.15, 0.2) is 0 Å². The second-order valence-corrected chi connectivity index (χ2v) is 7.36. The van der Waals surface area contributed by atoms with Crippen LogP contribution in [0.2, 0.25) is 0 Å². The molecule has 0 saturated carbocycles. The maximum absolute atomic E-state index is 12.4. The van der Waals surface area contributed by atoms with Crippen LogP contribution in [0.3, 0.4) is 0 Å². The molecule has 0 fully saturated rings. The molecule has 24 heavy (non-hydrogen) atoms. The van der Waals surface area contributed by atoms with E-state index in [0.29, 0.717) is 28.4 Å². The summed E-state index contributed by atoms with van der Waals surface area (Å²) in [6, 6.07) is 19.3. The zero-order valence-electron chi connectivity index (χ0n) is 13.6. The number of nitrogens with zero attached hydrogens (tertiary/aromatic N) is 1. The zero-order valence-corrected chi connectivity index (χ0v) is 14.4. The van der Waals surface area contributed by atoms with Crippen LogP contribution < -0.4 is 4.72 Å². The van der Waals surface area contributed by atoms with Crippen LogP contribution in [-0.2, 0) is 16.4 Å². The van der Waals surface area contributed by atoms with E-state index in [1.165, 1.54) is 5.56 Å². The van der Waals surface area contributed by atoms with E-state index in [1.807, 2.05) is 36.4 Å². The van der Waals surface area contributed by atoms with Gasteiger partial charge < -0.3 is 0 Å². The van der Waals surface area contributed by atoms with Gasteiger partial charge in [-0.25, -0.2) is 8.42 Å². The standard InChI is InChI=1S/C19H20N2O2S/c1-15-18(17-12-6-3-7-13-17)24(22,23)21-19(15)20-14-8-11-16-9-4-2-5-10-16/h2-7,9-10,12-13H,8,11,14H2,1H3,(H,20,21). The Bertz CT molecular complexity index is 870. The number of aryl methyl sites for hydroxylation is 1. The summed E-state index contributed by atoms with van der Waals surface area (Å²) in [5.41, 5.74) is 2.64. The lowest BCUT2D eigenvalue weighted by atomic mass is 10.1. The molecule has 4 nitrogen and oxygen atoms in total. The molecule has 1 heterocycles. The Hall–Kier alpha value is -2.40. The first-order chi connectivity index (χ1) is 11.6. The van der Waals surface area contributed by atoms with Crippen molar-refractivity contribution < 1.29 is 8.42 Å². The van der Waals surface area contributed by atoms with Crippen LogP contribution in [0.1, 0.15) is 24.5 Å². The Morgan fingerprint density at radius 2 is 1.58 bits per heavy atom. The zero-order chi connectivity index (χ0) is 17.0. The smallest absolute Gasteiger partial charge is 0.264 e. The second-order valence-electron chi connectivity index (χ2n) is 5.75. The van der Waals surface area contributed by atoms with Crippen LogP contribution >= 0.6 is 0 Å². The fraction of sp³-hybridized carbons (Fsp3) is 0.211. The normalized spacial score (nSPS) is 18.0. The van der Waals surface area contributed by atoms with Crippen LogP contribution in [0.4, 0.5) is 0 Å². The van der Waals surface area contributed by atoms with Crippen molar-refractivity contribution in [2.24, 2.45) is 4.99 Å². The molecule has 0 atom stereocenters. The van der Waals surface area contributed by atoms with Gasteiger partial charge >= 0.3 is 0 Å². The average Bonchev–Trinajstić information content (AvgIpc) is 2.82. The Kier molecular flexibility index (Phi) is 4.81. The molecule has 0 aromatic heterocycles. The van der Waals surface area contributed by atoms with E-state index in [1.54, 1.807) is 19.1 Å². The van der Waals surface area contributed by atoms with Crippen LogP contribution in [-0.4, -0.2) is 20.8 Å². The summed E-state index contributed by atoms with van der Waals surface area (Å²) in [6.07, 6.45) is 1.81. The molecule has 2 aromatic rings. The van der Waals surface area contributed by atoms with Crippen molar-refractivity contribution in [3.63, 3.8) is 0 Å². The number of nitrogens with one attached hydrogen (secondary N) is 1. The Morgan fingerprint density at radius 3 is 2.25 bits per heavy atom. The largest absolute Gasteiger partial charge is 0.268 e. The van der Waals surface area contributed by atoms with Gasteiger partial charge in [-0.05, 0) is 30.9 Å². The molecule has 2 aromatic carbocycles. The number of amidine groups is 1. The third kappa shape index (κ3) is 3.57.